The van der Waals surface area contributed by atoms with Gasteiger partial charge in [0.05, 0.1) is 16.8 Å². The summed E-state index contributed by atoms with van der Waals surface area (Å²) in [5.74, 6) is -0.606. The molecule has 164 valence electrons. The van der Waals surface area contributed by atoms with Crippen LogP contribution in [0.2, 0.25) is 0 Å². The molecule has 1 aliphatic rings. The van der Waals surface area contributed by atoms with E-state index >= 15 is 0 Å². The average molecular weight is 434 g/mol. The summed E-state index contributed by atoms with van der Waals surface area (Å²) in [6.07, 6.45) is 4.73. The summed E-state index contributed by atoms with van der Waals surface area (Å²) in [4.78, 5) is 39.7. The predicted molar refractivity (Wildman–Crippen MR) is 118 cm³/mol. The van der Waals surface area contributed by atoms with Gasteiger partial charge in [0.1, 0.15) is 5.82 Å². The number of nitrogens with one attached hydrogen (secondary N) is 1. The third-order valence-corrected chi connectivity index (χ3v) is 5.51. The van der Waals surface area contributed by atoms with E-state index in [0.717, 1.165) is 18.5 Å². The quantitative estimate of drug-likeness (QED) is 0.652. The van der Waals surface area contributed by atoms with Crippen molar-refractivity contribution in [1.29, 1.82) is 0 Å². The molecule has 3 aromatic rings. The van der Waals surface area contributed by atoms with E-state index in [9.17, 15) is 14.0 Å². The van der Waals surface area contributed by atoms with E-state index in [0.29, 0.717) is 35.6 Å². The molecule has 3 heterocycles. The second-order valence-electron chi connectivity index (χ2n) is 7.75. The topological polar surface area (TPSA) is 114 Å². The Morgan fingerprint density at radius 3 is 2.59 bits per heavy atom. The van der Waals surface area contributed by atoms with Crippen LogP contribution in [-0.4, -0.2) is 44.8 Å². The molecule has 1 fully saturated rings. The average Bonchev–Trinajstić information content (AvgIpc) is 2.80. The van der Waals surface area contributed by atoms with Crippen molar-refractivity contribution in [3.8, 4) is 0 Å². The molecule has 1 saturated heterocycles. The minimum atomic E-state index is -0.367. The van der Waals surface area contributed by atoms with Crippen LogP contribution in [0.4, 0.5) is 16.0 Å². The van der Waals surface area contributed by atoms with Crippen LogP contribution in [0.25, 0.3) is 0 Å². The van der Waals surface area contributed by atoms with E-state index in [1.807, 2.05) is 6.07 Å². The number of rotatable bonds is 4. The van der Waals surface area contributed by atoms with Crippen molar-refractivity contribution in [1.82, 2.24) is 19.9 Å². The molecule has 1 unspecified atom stereocenters. The number of carbonyl (C=O) groups excluding carboxylic acids is 2. The van der Waals surface area contributed by atoms with Crippen molar-refractivity contribution in [3.05, 3.63) is 77.1 Å². The molecule has 32 heavy (non-hydrogen) atoms. The number of pyridine rings is 1. The maximum Gasteiger partial charge on any atom is 0.257 e. The van der Waals surface area contributed by atoms with Crippen molar-refractivity contribution in [3.63, 3.8) is 0 Å². The van der Waals surface area contributed by atoms with Gasteiger partial charge in [0, 0.05) is 42.8 Å². The van der Waals surface area contributed by atoms with Crippen LogP contribution >= 0.6 is 0 Å². The Balaban J connectivity index is 1.42. The smallest absolute Gasteiger partial charge is 0.257 e. The minimum absolute atomic E-state index is 0.0666. The van der Waals surface area contributed by atoms with Crippen molar-refractivity contribution >= 4 is 23.5 Å². The summed E-state index contributed by atoms with van der Waals surface area (Å²) in [5, 5.41) is 2.71. The highest BCUT2D eigenvalue weighted by molar-refractivity contribution is 6.04. The number of hydrogen-bond acceptors (Lipinski definition) is 6. The van der Waals surface area contributed by atoms with Crippen molar-refractivity contribution in [2.45, 2.75) is 25.7 Å². The first-order chi connectivity index (χ1) is 15.4. The van der Waals surface area contributed by atoms with Crippen LogP contribution < -0.4 is 11.1 Å². The number of benzene rings is 1. The first kappa shape index (κ1) is 21.4. The van der Waals surface area contributed by atoms with Crippen molar-refractivity contribution < 1.29 is 14.0 Å². The van der Waals surface area contributed by atoms with Gasteiger partial charge in [-0.1, -0.05) is 0 Å². The predicted octanol–water partition coefficient (Wildman–Crippen LogP) is 3.17. The first-order valence-electron chi connectivity index (χ1n) is 10.3. The van der Waals surface area contributed by atoms with Crippen LogP contribution in [0.3, 0.4) is 0 Å². The number of halogens is 1. The van der Waals surface area contributed by atoms with Crippen molar-refractivity contribution in [2.24, 2.45) is 0 Å². The van der Waals surface area contributed by atoms with E-state index in [1.54, 1.807) is 17.9 Å². The molecule has 2 amide bonds. The SMILES string of the molecule is Cc1nc(N)ncc1C(=O)N1CCCC(c2ccc(C(=O)Nc3ccc(F)cc3)cn2)C1. The van der Waals surface area contributed by atoms with Gasteiger partial charge in [-0.3, -0.25) is 14.6 Å². The molecule has 1 aromatic carbocycles. The van der Waals surface area contributed by atoms with Crippen LogP contribution in [0.5, 0.6) is 0 Å². The van der Waals surface area contributed by atoms with E-state index < -0.39 is 0 Å². The lowest BCUT2D eigenvalue weighted by Crippen LogP contribution is -2.39. The van der Waals surface area contributed by atoms with Gasteiger partial charge in [-0.05, 0) is 56.2 Å². The Hall–Kier alpha value is -3.88. The highest BCUT2D eigenvalue weighted by atomic mass is 19.1. The molecule has 9 heteroatoms. The van der Waals surface area contributed by atoms with E-state index in [4.69, 9.17) is 5.73 Å². The molecule has 8 nitrogen and oxygen atoms in total. The maximum atomic E-state index is 13.0. The van der Waals surface area contributed by atoms with Gasteiger partial charge in [0.25, 0.3) is 11.8 Å². The molecule has 0 spiro atoms. The number of nitrogen functional groups attached to an aromatic ring is 1. The molecular formula is C23H23FN6O2. The number of nitrogens with two attached hydrogens (primary N) is 1. The number of piperidine rings is 1. The zero-order valence-electron chi connectivity index (χ0n) is 17.6. The van der Waals surface area contributed by atoms with Gasteiger partial charge in [0.2, 0.25) is 5.95 Å². The lowest BCUT2D eigenvalue weighted by atomic mass is 9.93. The molecule has 0 radical (unpaired) electrons. The second kappa shape index (κ2) is 9.09. The van der Waals surface area contributed by atoms with Gasteiger partial charge >= 0.3 is 0 Å². The van der Waals surface area contributed by atoms with Crippen LogP contribution in [0, 0.1) is 12.7 Å². The lowest BCUT2D eigenvalue weighted by molar-refractivity contribution is 0.0704. The van der Waals surface area contributed by atoms with Crippen LogP contribution in [0.1, 0.15) is 50.9 Å². The van der Waals surface area contributed by atoms with Gasteiger partial charge in [-0.25, -0.2) is 14.4 Å². The molecule has 2 aromatic heterocycles. The fourth-order valence-electron chi connectivity index (χ4n) is 3.79. The zero-order chi connectivity index (χ0) is 22.7. The first-order valence-corrected chi connectivity index (χ1v) is 10.3. The highest BCUT2D eigenvalue weighted by Crippen LogP contribution is 2.27. The third-order valence-electron chi connectivity index (χ3n) is 5.51. The van der Waals surface area contributed by atoms with Gasteiger partial charge in [-0.15, -0.1) is 0 Å². The fraction of sp³-hybridized carbons (Fsp3) is 0.261. The van der Waals surface area contributed by atoms with E-state index in [-0.39, 0.29) is 29.5 Å². The summed E-state index contributed by atoms with van der Waals surface area (Å²) in [6, 6.07) is 9.08. The second-order valence-corrected chi connectivity index (χ2v) is 7.75. The number of hydrogen-bond donors (Lipinski definition) is 2. The number of amides is 2. The van der Waals surface area contributed by atoms with Gasteiger partial charge < -0.3 is 16.0 Å². The lowest BCUT2D eigenvalue weighted by Gasteiger charge is -2.32. The molecule has 1 aliphatic heterocycles. The largest absolute Gasteiger partial charge is 0.368 e. The standard InChI is InChI=1S/C23H23FN6O2/c1-14-19(12-27-23(25)28-14)22(32)30-10-2-3-16(13-30)20-9-4-15(11-26-20)21(31)29-18-7-5-17(24)6-8-18/h4-9,11-12,16H,2-3,10,13H2,1H3,(H,29,31)(H2,25,27,28). The maximum absolute atomic E-state index is 13.0. The highest BCUT2D eigenvalue weighted by Gasteiger charge is 2.27. The van der Waals surface area contributed by atoms with Crippen LogP contribution in [-0.2, 0) is 0 Å². The van der Waals surface area contributed by atoms with Gasteiger partial charge in [0.15, 0.2) is 0 Å². The minimum Gasteiger partial charge on any atom is -0.368 e. The van der Waals surface area contributed by atoms with Crippen LogP contribution in [0.15, 0.2) is 48.8 Å². The number of nitrogens with zero attached hydrogens (tertiary/aromatic N) is 4. The number of aromatic nitrogens is 3. The van der Waals surface area contributed by atoms with E-state index in [2.05, 4.69) is 20.3 Å². The Kier molecular flexibility index (Phi) is 6.07. The Morgan fingerprint density at radius 1 is 1.12 bits per heavy atom. The number of aryl methyl sites for hydroxylation is 1. The molecular weight excluding hydrogens is 411 g/mol. The van der Waals surface area contributed by atoms with Gasteiger partial charge in [-0.2, -0.15) is 0 Å². The summed E-state index contributed by atoms with van der Waals surface area (Å²) in [6.45, 7) is 2.91. The summed E-state index contributed by atoms with van der Waals surface area (Å²) in [5.41, 5.74) is 8.32. The zero-order valence-corrected chi connectivity index (χ0v) is 17.6. The summed E-state index contributed by atoms with van der Waals surface area (Å²) < 4.78 is 13.0. The summed E-state index contributed by atoms with van der Waals surface area (Å²) >= 11 is 0. The number of likely N-dealkylation sites (tertiary alicyclic amines) is 1. The molecule has 0 bridgehead atoms. The monoisotopic (exact) mass is 434 g/mol. The Bertz CT molecular complexity index is 1130. The third kappa shape index (κ3) is 4.72. The Labute approximate surface area is 184 Å². The number of carbonyl (C=O) groups is 2. The fourth-order valence-corrected chi connectivity index (χ4v) is 3.79. The molecule has 1 atom stereocenters. The van der Waals surface area contributed by atoms with Crippen molar-refractivity contribution in [2.75, 3.05) is 24.1 Å². The normalized spacial score (nSPS) is 15.9. The summed E-state index contributed by atoms with van der Waals surface area (Å²) in [7, 11) is 0. The molecule has 0 aliphatic carbocycles. The number of anilines is 2. The molecule has 0 saturated carbocycles. The van der Waals surface area contributed by atoms with E-state index in [1.165, 1.54) is 36.7 Å². The molecule has 4 rings (SSSR count). The Morgan fingerprint density at radius 2 is 1.91 bits per heavy atom. The molecule has 3 N–H and O–H groups in total.